The van der Waals surface area contributed by atoms with Gasteiger partial charge in [-0.2, -0.15) is 0 Å². The van der Waals surface area contributed by atoms with Gasteiger partial charge in [0.1, 0.15) is 11.4 Å². The molecule has 1 aliphatic heterocycles. The van der Waals surface area contributed by atoms with Crippen LogP contribution in [-0.4, -0.2) is 74.9 Å². The van der Waals surface area contributed by atoms with Crippen LogP contribution in [0, 0.1) is 0 Å². The zero-order valence-corrected chi connectivity index (χ0v) is 15.2. The van der Waals surface area contributed by atoms with Gasteiger partial charge in [0.15, 0.2) is 0 Å². The van der Waals surface area contributed by atoms with Crippen molar-refractivity contribution in [2.45, 2.75) is 19.9 Å². The average molecular weight is 346 g/mol. The summed E-state index contributed by atoms with van der Waals surface area (Å²) in [6, 6.07) is 0. The molecular weight excluding hydrogens is 320 g/mol. The zero-order valence-electron chi connectivity index (χ0n) is 15.2. The van der Waals surface area contributed by atoms with Crippen LogP contribution in [-0.2, 0) is 20.0 Å². The number of hydrogen-bond donors (Lipinski definition) is 0. The lowest BCUT2D eigenvalue weighted by Gasteiger charge is -2.34. The van der Waals surface area contributed by atoms with Crippen molar-refractivity contribution in [2.24, 2.45) is 7.05 Å². The molecule has 2 aromatic heterocycles. The molecule has 0 saturated carbocycles. The summed E-state index contributed by atoms with van der Waals surface area (Å²) < 4.78 is 9.02. The molecule has 0 atom stereocenters. The topological polar surface area (TPSA) is 68.4 Å². The lowest BCUT2D eigenvalue weighted by Crippen LogP contribution is -2.49. The van der Waals surface area contributed by atoms with E-state index in [-0.39, 0.29) is 5.91 Å². The number of aryl methyl sites for hydroxylation is 2. The fourth-order valence-electron chi connectivity index (χ4n) is 3.22. The average Bonchev–Trinajstić information content (AvgIpc) is 3.25. The van der Waals surface area contributed by atoms with E-state index in [9.17, 15) is 4.79 Å². The second kappa shape index (κ2) is 7.69. The second-order valence-electron chi connectivity index (χ2n) is 6.25. The van der Waals surface area contributed by atoms with E-state index >= 15 is 0 Å². The molecule has 0 aromatic carbocycles. The van der Waals surface area contributed by atoms with Gasteiger partial charge in [-0.15, -0.1) is 5.10 Å². The van der Waals surface area contributed by atoms with Crippen molar-refractivity contribution in [1.29, 1.82) is 0 Å². The number of carbonyl (C=O) groups is 1. The molecule has 0 radical (unpaired) electrons. The third-order valence-electron chi connectivity index (χ3n) is 4.65. The third-order valence-corrected chi connectivity index (χ3v) is 4.65. The lowest BCUT2D eigenvalue weighted by molar-refractivity contribution is 0.0629. The molecule has 0 unspecified atom stereocenters. The van der Waals surface area contributed by atoms with E-state index in [2.05, 4.69) is 26.5 Å². The molecule has 8 nitrogen and oxygen atoms in total. The summed E-state index contributed by atoms with van der Waals surface area (Å²) in [4.78, 5) is 21.3. The highest BCUT2D eigenvalue weighted by molar-refractivity contribution is 5.96. The maximum absolute atomic E-state index is 12.7. The Balaban J connectivity index is 1.52. The molecule has 2 aromatic rings. The summed E-state index contributed by atoms with van der Waals surface area (Å²) in [5.41, 5.74) is 0.532. The number of amides is 1. The summed E-state index contributed by atoms with van der Waals surface area (Å²) in [6.45, 7) is 7.24. The quantitative estimate of drug-likeness (QED) is 0.768. The molecule has 0 spiro atoms. The molecule has 3 heterocycles. The van der Waals surface area contributed by atoms with Crippen LogP contribution in [0.25, 0.3) is 0 Å². The monoisotopic (exact) mass is 346 g/mol. The molecule has 3 rings (SSSR count). The van der Waals surface area contributed by atoms with Gasteiger partial charge in [0.25, 0.3) is 5.91 Å². The predicted molar refractivity (Wildman–Crippen MR) is 93.7 cm³/mol. The van der Waals surface area contributed by atoms with Crippen molar-refractivity contribution in [3.63, 3.8) is 0 Å². The summed E-state index contributed by atoms with van der Waals surface area (Å²) in [5.74, 6) is 1.51. The van der Waals surface area contributed by atoms with Gasteiger partial charge in [-0.3, -0.25) is 14.4 Å². The van der Waals surface area contributed by atoms with Crippen LogP contribution in [0.2, 0.25) is 0 Å². The van der Waals surface area contributed by atoms with Gasteiger partial charge in [0, 0.05) is 71.3 Å². The molecular formula is C17H26N6O2. The highest BCUT2D eigenvalue weighted by Crippen LogP contribution is 2.18. The molecule has 0 aliphatic carbocycles. The van der Waals surface area contributed by atoms with E-state index in [1.54, 1.807) is 17.9 Å². The van der Waals surface area contributed by atoms with Gasteiger partial charge in [-0.25, -0.2) is 4.98 Å². The third kappa shape index (κ3) is 3.84. The van der Waals surface area contributed by atoms with Crippen molar-refractivity contribution in [2.75, 3.05) is 39.8 Å². The maximum Gasteiger partial charge on any atom is 0.261 e. The first-order valence-electron chi connectivity index (χ1n) is 8.71. The van der Waals surface area contributed by atoms with E-state index in [1.165, 1.54) is 7.11 Å². The van der Waals surface area contributed by atoms with E-state index in [0.29, 0.717) is 11.4 Å². The first kappa shape index (κ1) is 17.5. The second-order valence-corrected chi connectivity index (χ2v) is 6.25. The van der Waals surface area contributed by atoms with Crippen LogP contribution >= 0.6 is 0 Å². The Bertz CT molecular complexity index is 715. The van der Waals surface area contributed by atoms with Gasteiger partial charge in [0.05, 0.1) is 7.11 Å². The van der Waals surface area contributed by atoms with E-state index < -0.39 is 0 Å². The van der Waals surface area contributed by atoms with Gasteiger partial charge >= 0.3 is 0 Å². The highest BCUT2D eigenvalue weighted by Gasteiger charge is 2.26. The number of ether oxygens (including phenoxy) is 1. The fraction of sp³-hybridized carbons (Fsp3) is 0.588. The SMILES string of the molecule is CCc1nccn1CCN1CCN(C(=O)c2cn(C)nc2OC)CC1. The van der Waals surface area contributed by atoms with E-state index in [4.69, 9.17) is 4.74 Å². The minimum absolute atomic E-state index is 0.00696. The Morgan fingerprint density at radius 3 is 2.68 bits per heavy atom. The summed E-state index contributed by atoms with van der Waals surface area (Å²) >= 11 is 0. The molecule has 0 bridgehead atoms. The van der Waals surface area contributed by atoms with Crippen LogP contribution < -0.4 is 4.74 Å². The van der Waals surface area contributed by atoms with E-state index in [0.717, 1.165) is 51.5 Å². The summed E-state index contributed by atoms with van der Waals surface area (Å²) in [5, 5.41) is 4.16. The molecule has 0 N–H and O–H groups in total. The van der Waals surface area contributed by atoms with Gasteiger partial charge in [-0.05, 0) is 0 Å². The Hall–Kier alpha value is -2.35. The molecule has 1 amide bonds. The largest absolute Gasteiger partial charge is 0.479 e. The fourth-order valence-corrected chi connectivity index (χ4v) is 3.22. The molecule has 136 valence electrons. The van der Waals surface area contributed by atoms with Crippen LogP contribution in [0.4, 0.5) is 0 Å². The van der Waals surface area contributed by atoms with Crippen molar-refractivity contribution < 1.29 is 9.53 Å². The predicted octanol–water partition coefficient (Wildman–Crippen LogP) is 0.646. The number of carbonyl (C=O) groups excluding carboxylic acids is 1. The van der Waals surface area contributed by atoms with Crippen LogP contribution in [0.3, 0.4) is 0 Å². The number of nitrogens with zero attached hydrogens (tertiary/aromatic N) is 6. The number of rotatable bonds is 6. The summed E-state index contributed by atoms with van der Waals surface area (Å²) in [6.07, 6.45) is 6.56. The standard InChI is InChI=1S/C17H26N6O2/c1-4-15-18-5-6-22(15)10-7-21-8-11-23(12-9-21)17(24)14-13-20(2)19-16(14)25-3/h5-6,13H,4,7-12H2,1-3H3. The Morgan fingerprint density at radius 2 is 2.00 bits per heavy atom. The lowest BCUT2D eigenvalue weighted by atomic mass is 10.2. The van der Waals surface area contributed by atoms with Crippen molar-refractivity contribution in [1.82, 2.24) is 29.1 Å². The first-order chi connectivity index (χ1) is 12.1. The number of aromatic nitrogens is 4. The molecule has 8 heteroatoms. The van der Waals surface area contributed by atoms with Crippen LogP contribution in [0.5, 0.6) is 5.88 Å². The minimum atomic E-state index is -0.00696. The number of methoxy groups -OCH3 is 1. The Morgan fingerprint density at radius 1 is 1.24 bits per heavy atom. The Kier molecular flexibility index (Phi) is 5.37. The van der Waals surface area contributed by atoms with Crippen molar-refractivity contribution in [3.05, 3.63) is 30.0 Å². The number of hydrogen-bond acceptors (Lipinski definition) is 5. The van der Waals surface area contributed by atoms with Crippen LogP contribution in [0.1, 0.15) is 23.1 Å². The normalized spacial score (nSPS) is 15.6. The molecule has 1 fully saturated rings. The van der Waals surface area contributed by atoms with Gasteiger partial charge in [-0.1, -0.05) is 6.92 Å². The summed E-state index contributed by atoms with van der Waals surface area (Å²) in [7, 11) is 3.33. The van der Waals surface area contributed by atoms with Gasteiger partial charge in [0.2, 0.25) is 5.88 Å². The Labute approximate surface area is 148 Å². The number of piperazine rings is 1. The number of imidazole rings is 1. The molecule has 1 aliphatic rings. The zero-order chi connectivity index (χ0) is 17.8. The smallest absolute Gasteiger partial charge is 0.261 e. The first-order valence-corrected chi connectivity index (χ1v) is 8.71. The van der Waals surface area contributed by atoms with Gasteiger partial charge < -0.3 is 14.2 Å². The van der Waals surface area contributed by atoms with E-state index in [1.807, 2.05) is 17.3 Å². The van der Waals surface area contributed by atoms with Crippen LogP contribution in [0.15, 0.2) is 18.6 Å². The molecule has 1 saturated heterocycles. The molecule has 25 heavy (non-hydrogen) atoms. The van der Waals surface area contributed by atoms with Crippen molar-refractivity contribution >= 4 is 5.91 Å². The highest BCUT2D eigenvalue weighted by atomic mass is 16.5. The maximum atomic E-state index is 12.7. The van der Waals surface area contributed by atoms with Crippen molar-refractivity contribution in [3.8, 4) is 5.88 Å². The minimum Gasteiger partial charge on any atom is -0.479 e.